The highest BCUT2D eigenvalue weighted by molar-refractivity contribution is 5.95. The Hall–Kier alpha value is -2.04. The van der Waals surface area contributed by atoms with E-state index in [4.69, 9.17) is 4.74 Å². The summed E-state index contributed by atoms with van der Waals surface area (Å²) in [7, 11) is 0. The molecule has 1 aromatic carbocycles. The molecular weight excluding hydrogens is 304 g/mol. The molecule has 1 aromatic rings. The van der Waals surface area contributed by atoms with E-state index in [1.807, 2.05) is 24.0 Å². The number of benzene rings is 1. The molecule has 0 unspecified atom stereocenters. The fourth-order valence-electron chi connectivity index (χ4n) is 2.85. The molecule has 0 spiro atoms. The van der Waals surface area contributed by atoms with Crippen molar-refractivity contribution >= 4 is 12.0 Å². The lowest BCUT2D eigenvalue weighted by atomic mass is 9.85. The predicted molar refractivity (Wildman–Crippen MR) is 94.4 cm³/mol. The summed E-state index contributed by atoms with van der Waals surface area (Å²) in [6.07, 6.45) is -0.296. The lowest BCUT2D eigenvalue weighted by molar-refractivity contribution is 0.0570. The maximum absolute atomic E-state index is 12.8. The summed E-state index contributed by atoms with van der Waals surface area (Å²) in [6, 6.07) is 6.06. The molecule has 1 aliphatic heterocycles. The van der Waals surface area contributed by atoms with Crippen LogP contribution in [0.4, 0.5) is 4.79 Å². The van der Waals surface area contributed by atoms with Gasteiger partial charge < -0.3 is 14.5 Å². The van der Waals surface area contributed by atoms with Crippen LogP contribution in [0.5, 0.6) is 0 Å². The number of hydrogen-bond donors (Lipinski definition) is 0. The fraction of sp³-hybridized carbons (Fsp3) is 0.579. The number of rotatable bonds is 2. The Morgan fingerprint density at radius 2 is 1.67 bits per heavy atom. The standard InChI is InChI=1S/C19H28N2O3/c1-6-24-18(23)21-11-9-20(10-12-21)17(22)16-8-7-15(13-14(16)2)19(3,4)5/h7-8,13H,6,9-12H2,1-5H3. The first kappa shape index (κ1) is 18.3. The van der Waals surface area contributed by atoms with Gasteiger partial charge in [-0.05, 0) is 36.5 Å². The lowest BCUT2D eigenvalue weighted by Crippen LogP contribution is -2.50. The molecule has 0 radical (unpaired) electrons. The minimum atomic E-state index is -0.296. The van der Waals surface area contributed by atoms with E-state index in [-0.39, 0.29) is 17.4 Å². The summed E-state index contributed by atoms with van der Waals surface area (Å²) >= 11 is 0. The summed E-state index contributed by atoms with van der Waals surface area (Å²) in [6.45, 7) is 12.8. The smallest absolute Gasteiger partial charge is 0.409 e. The van der Waals surface area contributed by atoms with Crippen LogP contribution in [-0.4, -0.2) is 54.6 Å². The second kappa shape index (κ2) is 7.24. The molecule has 2 amide bonds. The van der Waals surface area contributed by atoms with Crippen LogP contribution in [-0.2, 0) is 10.2 Å². The molecule has 1 heterocycles. The molecular formula is C19H28N2O3. The summed E-state index contributed by atoms with van der Waals surface area (Å²) in [5.41, 5.74) is 3.04. The molecule has 2 rings (SSSR count). The molecule has 24 heavy (non-hydrogen) atoms. The normalized spacial score (nSPS) is 15.4. The minimum absolute atomic E-state index is 0.0384. The first-order chi connectivity index (χ1) is 11.2. The average molecular weight is 332 g/mol. The van der Waals surface area contributed by atoms with Crippen molar-refractivity contribution in [2.75, 3.05) is 32.8 Å². The zero-order valence-corrected chi connectivity index (χ0v) is 15.4. The van der Waals surface area contributed by atoms with Crippen molar-refractivity contribution in [2.45, 2.75) is 40.0 Å². The van der Waals surface area contributed by atoms with Crippen LogP contribution in [0.3, 0.4) is 0 Å². The molecule has 0 bridgehead atoms. The SMILES string of the molecule is CCOC(=O)N1CCN(C(=O)c2ccc(C(C)(C)C)cc2C)CC1. The number of amides is 2. The maximum atomic E-state index is 12.8. The summed E-state index contributed by atoms with van der Waals surface area (Å²) in [4.78, 5) is 28.0. The first-order valence-corrected chi connectivity index (χ1v) is 8.56. The van der Waals surface area contributed by atoms with E-state index in [9.17, 15) is 9.59 Å². The van der Waals surface area contributed by atoms with E-state index in [2.05, 4.69) is 26.8 Å². The van der Waals surface area contributed by atoms with Crippen molar-refractivity contribution in [1.82, 2.24) is 9.80 Å². The average Bonchev–Trinajstić information content (AvgIpc) is 2.53. The van der Waals surface area contributed by atoms with E-state index in [0.717, 1.165) is 11.1 Å². The molecule has 0 saturated carbocycles. The molecule has 1 saturated heterocycles. The molecule has 0 atom stereocenters. The van der Waals surface area contributed by atoms with Gasteiger partial charge in [-0.15, -0.1) is 0 Å². The van der Waals surface area contributed by atoms with E-state index in [1.165, 1.54) is 5.56 Å². The summed E-state index contributed by atoms with van der Waals surface area (Å²) in [5.74, 6) is 0.0384. The van der Waals surface area contributed by atoms with Crippen LogP contribution in [0.1, 0.15) is 49.2 Å². The van der Waals surface area contributed by atoms with Gasteiger partial charge in [-0.25, -0.2) is 4.79 Å². The number of piperazine rings is 1. The van der Waals surface area contributed by atoms with Crippen LogP contribution in [0.2, 0.25) is 0 Å². The Bertz CT molecular complexity index is 612. The Kier molecular flexibility index (Phi) is 5.52. The van der Waals surface area contributed by atoms with Crippen molar-refractivity contribution in [2.24, 2.45) is 0 Å². The van der Waals surface area contributed by atoms with E-state index in [1.54, 1.807) is 11.8 Å². The molecule has 5 heteroatoms. The third kappa shape index (κ3) is 4.08. The molecule has 1 aliphatic rings. The molecule has 0 aliphatic carbocycles. The van der Waals surface area contributed by atoms with Crippen LogP contribution in [0, 0.1) is 6.92 Å². The van der Waals surface area contributed by atoms with E-state index in [0.29, 0.717) is 32.8 Å². The highest BCUT2D eigenvalue weighted by Crippen LogP contribution is 2.25. The van der Waals surface area contributed by atoms with Gasteiger partial charge >= 0.3 is 6.09 Å². The van der Waals surface area contributed by atoms with Crippen LogP contribution in [0.15, 0.2) is 18.2 Å². The van der Waals surface area contributed by atoms with Crippen molar-refractivity contribution in [3.63, 3.8) is 0 Å². The number of carbonyl (C=O) groups excluding carboxylic acids is 2. The second-order valence-corrected chi connectivity index (χ2v) is 7.26. The molecule has 1 fully saturated rings. The Morgan fingerprint density at radius 3 is 2.17 bits per heavy atom. The molecule has 132 valence electrons. The van der Waals surface area contributed by atoms with Gasteiger partial charge in [-0.3, -0.25) is 4.79 Å². The number of hydrogen-bond acceptors (Lipinski definition) is 3. The van der Waals surface area contributed by atoms with Crippen LogP contribution >= 0.6 is 0 Å². The highest BCUT2D eigenvalue weighted by atomic mass is 16.6. The van der Waals surface area contributed by atoms with Gasteiger partial charge in [0.05, 0.1) is 6.61 Å². The van der Waals surface area contributed by atoms with E-state index < -0.39 is 0 Å². The zero-order chi connectivity index (χ0) is 17.9. The quantitative estimate of drug-likeness (QED) is 0.835. The van der Waals surface area contributed by atoms with Crippen LogP contribution in [0.25, 0.3) is 0 Å². The Labute approximate surface area is 144 Å². The molecule has 0 aromatic heterocycles. The molecule has 5 nitrogen and oxygen atoms in total. The van der Waals surface area contributed by atoms with Crippen molar-refractivity contribution < 1.29 is 14.3 Å². The van der Waals surface area contributed by atoms with Crippen molar-refractivity contribution in [1.29, 1.82) is 0 Å². The first-order valence-electron chi connectivity index (χ1n) is 8.56. The van der Waals surface area contributed by atoms with Gasteiger partial charge in [-0.2, -0.15) is 0 Å². The topological polar surface area (TPSA) is 49.9 Å². The number of carbonyl (C=O) groups is 2. The summed E-state index contributed by atoms with van der Waals surface area (Å²) in [5, 5.41) is 0. The largest absolute Gasteiger partial charge is 0.450 e. The Balaban J connectivity index is 2.04. The van der Waals surface area contributed by atoms with E-state index >= 15 is 0 Å². The zero-order valence-electron chi connectivity index (χ0n) is 15.4. The van der Waals surface area contributed by atoms with Crippen molar-refractivity contribution in [3.05, 3.63) is 34.9 Å². The van der Waals surface area contributed by atoms with Gasteiger partial charge in [0.15, 0.2) is 0 Å². The third-order valence-corrected chi connectivity index (χ3v) is 4.42. The number of aryl methyl sites for hydroxylation is 1. The van der Waals surface area contributed by atoms with Crippen LogP contribution < -0.4 is 0 Å². The lowest BCUT2D eigenvalue weighted by Gasteiger charge is -2.34. The monoisotopic (exact) mass is 332 g/mol. The fourth-order valence-corrected chi connectivity index (χ4v) is 2.85. The number of ether oxygens (including phenoxy) is 1. The number of nitrogens with zero attached hydrogens (tertiary/aromatic N) is 2. The van der Waals surface area contributed by atoms with Gasteiger partial charge in [0.2, 0.25) is 0 Å². The van der Waals surface area contributed by atoms with Gasteiger partial charge in [0.25, 0.3) is 5.91 Å². The third-order valence-electron chi connectivity index (χ3n) is 4.42. The second-order valence-electron chi connectivity index (χ2n) is 7.26. The summed E-state index contributed by atoms with van der Waals surface area (Å²) < 4.78 is 5.01. The Morgan fingerprint density at radius 1 is 1.08 bits per heavy atom. The molecule has 0 N–H and O–H groups in total. The highest BCUT2D eigenvalue weighted by Gasteiger charge is 2.26. The van der Waals surface area contributed by atoms with Gasteiger partial charge in [0, 0.05) is 31.7 Å². The predicted octanol–water partition coefficient (Wildman–Crippen LogP) is 3.21. The maximum Gasteiger partial charge on any atom is 0.409 e. The van der Waals surface area contributed by atoms with Crippen molar-refractivity contribution in [3.8, 4) is 0 Å². The van der Waals surface area contributed by atoms with Gasteiger partial charge in [0.1, 0.15) is 0 Å². The van der Waals surface area contributed by atoms with Gasteiger partial charge in [-0.1, -0.05) is 32.9 Å². The minimum Gasteiger partial charge on any atom is -0.450 e.